The lowest BCUT2D eigenvalue weighted by molar-refractivity contribution is -0.163. The molecule has 1 aromatic rings. The van der Waals surface area contributed by atoms with Gasteiger partial charge in [0, 0.05) is 18.9 Å². The fourth-order valence-electron chi connectivity index (χ4n) is 3.19. The highest BCUT2D eigenvalue weighted by molar-refractivity contribution is 5.96. The molecule has 2 atom stereocenters. The zero-order valence-electron chi connectivity index (χ0n) is 19.6. The first-order chi connectivity index (χ1) is 16.2. The molecule has 2 amide bonds. The zero-order chi connectivity index (χ0) is 25.5. The van der Waals surface area contributed by atoms with Gasteiger partial charge in [0.15, 0.2) is 5.92 Å². The molecule has 0 heterocycles. The van der Waals surface area contributed by atoms with E-state index in [1.165, 1.54) is 6.92 Å². The summed E-state index contributed by atoms with van der Waals surface area (Å²) in [5.74, 6) is -6.43. The summed E-state index contributed by atoms with van der Waals surface area (Å²) in [6.45, 7) is 1.88. The lowest BCUT2D eigenvalue weighted by atomic mass is 9.87. The molecule has 0 saturated heterocycles. The predicted octanol–water partition coefficient (Wildman–Crippen LogP) is 1.64. The molecule has 11 heteroatoms. The Morgan fingerprint density at radius 2 is 1.56 bits per heavy atom. The number of methoxy groups -OCH3 is 2. The van der Waals surface area contributed by atoms with Crippen molar-refractivity contribution in [1.82, 2.24) is 10.6 Å². The van der Waals surface area contributed by atoms with Crippen molar-refractivity contribution in [1.29, 1.82) is 0 Å². The summed E-state index contributed by atoms with van der Waals surface area (Å²) >= 11 is 0. The van der Waals surface area contributed by atoms with E-state index in [0.29, 0.717) is 25.8 Å². The van der Waals surface area contributed by atoms with Gasteiger partial charge in [-0.15, -0.1) is 0 Å². The highest BCUT2D eigenvalue weighted by Crippen LogP contribution is 2.20. The maximum atomic E-state index is 12.2. The number of nitrogens with one attached hydrogen (secondary N) is 2. The van der Waals surface area contributed by atoms with Crippen molar-refractivity contribution >= 4 is 29.9 Å². The number of hydrogen-bond donors (Lipinski definition) is 3. The average Bonchev–Trinajstić information content (AvgIpc) is 2.83. The van der Waals surface area contributed by atoms with Gasteiger partial charge in [0.2, 0.25) is 5.91 Å². The molecule has 0 aromatic heterocycles. The summed E-state index contributed by atoms with van der Waals surface area (Å²) in [6.07, 6.45) is 1.15. The number of aliphatic carboxylic acids is 1. The van der Waals surface area contributed by atoms with E-state index in [0.717, 1.165) is 19.8 Å². The fourth-order valence-corrected chi connectivity index (χ4v) is 3.19. The molecule has 3 N–H and O–H groups in total. The van der Waals surface area contributed by atoms with Gasteiger partial charge in [0.05, 0.1) is 14.2 Å². The minimum absolute atomic E-state index is 0.0378. The van der Waals surface area contributed by atoms with Crippen LogP contribution in [0.4, 0.5) is 4.79 Å². The molecule has 34 heavy (non-hydrogen) atoms. The first-order valence-corrected chi connectivity index (χ1v) is 10.8. The van der Waals surface area contributed by atoms with Crippen molar-refractivity contribution in [3.63, 3.8) is 0 Å². The fraction of sp³-hybridized carbons (Fsp3) is 0.522. The molecule has 1 rings (SSSR count). The first-order valence-electron chi connectivity index (χ1n) is 10.8. The van der Waals surface area contributed by atoms with E-state index in [2.05, 4.69) is 20.1 Å². The lowest BCUT2D eigenvalue weighted by Crippen LogP contribution is -2.50. The van der Waals surface area contributed by atoms with Gasteiger partial charge in [-0.25, -0.2) is 9.59 Å². The number of unbranched alkanes of at least 4 members (excludes halogenated alkanes) is 2. The molecule has 0 aliphatic carbocycles. The Morgan fingerprint density at radius 3 is 2.12 bits per heavy atom. The molecule has 0 spiro atoms. The molecule has 0 radical (unpaired) electrons. The third-order valence-electron chi connectivity index (χ3n) is 5.11. The topological polar surface area (TPSA) is 157 Å². The number of carboxylic acids is 1. The summed E-state index contributed by atoms with van der Waals surface area (Å²) in [7, 11) is 2.13. The standard InChI is InChI=1S/C23H32N2O9/c1-15(18(21(29)32-2)22(30)33-3)19(20(27)28)25-17(26)12-8-5-9-13-24-23(31)34-14-16-10-6-4-7-11-16/h4,6-7,10-11,15,18-19H,5,8-9,12-14H2,1-3H3,(H,24,31)(H,25,26)(H,27,28)/t15-,19+/m0/s1. The second-order valence-electron chi connectivity index (χ2n) is 7.57. The van der Waals surface area contributed by atoms with Crippen LogP contribution in [-0.2, 0) is 40.0 Å². The van der Waals surface area contributed by atoms with Gasteiger partial charge in [-0.05, 0) is 18.4 Å². The van der Waals surface area contributed by atoms with Crippen molar-refractivity contribution in [3.05, 3.63) is 35.9 Å². The Bertz CT molecular complexity index is 813. The summed E-state index contributed by atoms with van der Waals surface area (Å²) in [6, 6.07) is 7.77. The average molecular weight is 481 g/mol. The monoisotopic (exact) mass is 480 g/mol. The molecule has 11 nitrogen and oxygen atoms in total. The SMILES string of the molecule is COC(=O)C(C(=O)OC)[C@H](C)[C@@H](NC(=O)CCCCCNC(=O)OCc1ccccc1)C(=O)O. The van der Waals surface area contributed by atoms with Crippen molar-refractivity contribution in [2.45, 2.75) is 45.3 Å². The Hall–Kier alpha value is -3.63. The number of carbonyl (C=O) groups excluding carboxylic acids is 4. The molecule has 0 aliphatic rings. The van der Waals surface area contributed by atoms with Crippen LogP contribution in [0.15, 0.2) is 30.3 Å². The quantitative estimate of drug-likeness (QED) is 0.156. The van der Waals surface area contributed by atoms with Crippen LogP contribution in [0.2, 0.25) is 0 Å². The van der Waals surface area contributed by atoms with Crippen LogP contribution in [-0.4, -0.2) is 61.8 Å². The molecule has 0 bridgehead atoms. The maximum Gasteiger partial charge on any atom is 0.407 e. The van der Waals surface area contributed by atoms with Gasteiger partial charge in [-0.3, -0.25) is 14.4 Å². The maximum absolute atomic E-state index is 12.2. The van der Waals surface area contributed by atoms with E-state index in [1.807, 2.05) is 30.3 Å². The summed E-state index contributed by atoms with van der Waals surface area (Å²) in [5, 5.41) is 14.5. The molecule has 1 aromatic carbocycles. The summed E-state index contributed by atoms with van der Waals surface area (Å²) in [5.41, 5.74) is 0.877. The van der Waals surface area contributed by atoms with E-state index in [-0.39, 0.29) is 13.0 Å². The number of amides is 2. The number of ether oxygens (including phenoxy) is 3. The van der Waals surface area contributed by atoms with E-state index in [1.54, 1.807) is 0 Å². The van der Waals surface area contributed by atoms with Crippen LogP contribution in [0, 0.1) is 11.8 Å². The van der Waals surface area contributed by atoms with Gasteiger partial charge in [0.1, 0.15) is 12.6 Å². The number of hydrogen-bond acceptors (Lipinski definition) is 8. The highest BCUT2D eigenvalue weighted by atomic mass is 16.6. The first kappa shape index (κ1) is 28.4. The normalized spacial score (nSPS) is 12.2. The third-order valence-corrected chi connectivity index (χ3v) is 5.11. The zero-order valence-corrected chi connectivity index (χ0v) is 19.6. The van der Waals surface area contributed by atoms with E-state index < -0.39 is 47.8 Å². The number of rotatable bonds is 14. The van der Waals surface area contributed by atoms with Crippen molar-refractivity contribution in [2.75, 3.05) is 20.8 Å². The molecule has 0 aliphatic heterocycles. The summed E-state index contributed by atoms with van der Waals surface area (Å²) < 4.78 is 14.2. The Balaban J connectivity index is 2.37. The predicted molar refractivity (Wildman–Crippen MR) is 119 cm³/mol. The van der Waals surface area contributed by atoms with Crippen LogP contribution in [0.1, 0.15) is 38.2 Å². The van der Waals surface area contributed by atoms with Crippen molar-refractivity contribution < 1.29 is 43.3 Å². The second-order valence-corrected chi connectivity index (χ2v) is 7.57. The number of benzene rings is 1. The van der Waals surface area contributed by atoms with Gasteiger partial charge in [-0.2, -0.15) is 0 Å². The molecule has 0 fully saturated rings. The van der Waals surface area contributed by atoms with E-state index in [9.17, 15) is 29.1 Å². The third kappa shape index (κ3) is 9.88. The van der Waals surface area contributed by atoms with Crippen molar-refractivity contribution in [2.24, 2.45) is 11.8 Å². The molecule has 0 saturated carbocycles. The molecule has 188 valence electrons. The van der Waals surface area contributed by atoms with Crippen LogP contribution < -0.4 is 10.6 Å². The Labute approximate surface area is 198 Å². The van der Waals surface area contributed by atoms with Crippen LogP contribution in [0.3, 0.4) is 0 Å². The lowest BCUT2D eigenvalue weighted by Gasteiger charge is -2.26. The number of alkyl carbamates (subject to hydrolysis) is 1. The molecular formula is C23H32N2O9. The Morgan fingerprint density at radius 1 is 0.941 bits per heavy atom. The van der Waals surface area contributed by atoms with Crippen LogP contribution >= 0.6 is 0 Å². The Kier molecular flexibility index (Phi) is 12.7. The van der Waals surface area contributed by atoms with Gasteiger partial charge < -0.3 is 30.0 Å². The smallest absolute Gasteiger partial charge is 0.407 e. The summed E-state index contributed by atoms with van der Waals surface area (Å²) in [4.78, 5) is 59.4. The molecular weight excluding hydrogens is 448 g/mol. The van der Waals surface area contributed by atoms with E-state index >= 15 is 0 Å². The second kappa shape index (κ2) is 15.3. The van der Waals surface area contributed by atoms with Crippen molar-refractivity contribution in [3.8, 4) is 0 Å². The van der Waals surface area contributed by atoms with E-state index in [4.69, 9.17) is 4.74 Å². The number of esters is 2. The van der Waals surface area contributed by atoms with Gasteiger partial charge >= 0.3 is 24.0 Å². The van der Waals surface area contributed by atoms with Crippen LogP contribution in [0.5, 0.6) is 0 Å². The largest absolute Gasteiger partial charge is 0.480 e. The van der Waals surface area contributed by atoms with Gasteiger partial charge in [-0.1, -0.05) is 43.7 Å². The minimum Gasteiger partial charge on any atom is -0.480 e. The highest BCUT2D eigenvalue weighted by Gasteiger charge is 2.41. The van der Waals surface area contributed by atoms with Crippen LogP contribution in [0.25, 0.3) is 0 Å². The number of carboxylic acid groups (broad SMARTS) is 1. The minimum atomic E-state index is -1.50. The number of carbonyl (C=O) groups is 5. The van der Waals surface area contributed by atoms with Gasteiger partial charge in [0.25, 0.3) is 0 Å². The molecule has 0 unspecified atom stereocenters.